The van der Waals surface area contributed by atoms with E-state index >= 15 is 0 Å². The molecule has 4 heteroatoms. The molecule has 1 saturated carbocycles. The molecule has 104 valence electrons. The molecule has 0 spiro atoms. The first-order valence-corrected chi connectivity index (χ1v) is 7.67. The second-order valence-corrected chi connectivity index (χ2v) is 6.04. The molecule has 0 aromatic carbocycles. The van der Waals surface area contributed by atoms with Crippen LogP contribution in [0.15, 0.2) is 0 Å². The maximum atomic E-state index is 5.39. The Bertz CT molecular complexity index is 243. The quantitative estimate of drug-likeness (QED) is 0.693. The van der Waals surface area contributed by atoms with Crippen molar-refractivity contribution in [3.63, 3.8) is 0 Å². The minimum absolute atomic E-state index is 0.761. The molecule has 1 aliphatic carbocycles. The van der Waals surface area contributed by atoms with Crippen molar-refractivity contribution < 1.29 is 4.74 Å². The van der Waals surface area contributed by atoms with E-state index in [-0.39, 0.29) is 0 Å². The van der Waals surface area contributed by atoms with Crippen LogP contribution in [0.5, 0.6) is 0 Å². The van der Waals surface area contributed by atoms with Gasteiger partial charge in [0.15, 0.2) is 0 Å². The molecule has 0 amide bonds. The number of piperazine rings is 1. The summed E-state index contributed by atoms with van der Waals surface area (Å²) in [6, 6.07) is 0.952. The smallest absolute Gasteiger partial charge is 0.0507 e. The molecule has 1 unspecified atom stereocenters. The summed E-state index contributed by atoms with van der Waals surface area (Å²) in [5.74, 6) is 0.761. The maximum Gasteiger partial charge on any atom is 0.0507 e. The van der Waals surface area contributed by atoms with Crippen LogP contribution < -0.4 is 5.32 Å². The predicted molar refractivity (Wildman–Crippen MR) is 72.8 cm³/mol. The van der Waals surface area contributed by atoms with Gasteiger partial charge in [0.25, 0.3) is 0 Å². The number of nitrogens with zero attached hydrogens (tertiary/aromatic N) is 2. The van der Waals surface area contributed by atoms with Gasteiger partial charge in [0.1, 0.15) is 0 Å². The zero-order chi connectivity index (χ0) is 12.2. The number of nitrogens with one attached hydrogen (secondary N) is 1. The van der Waals surface area contributed by atoms with Crippen molar-refractivity contribution in [2.24, 2.45) is 5.92 Å². The summed E-state index contributed by atoms with van der Waals surface area (Å²) in [6.45, 7) is 10.5. The van der Waals surface area contributed by atoms with Crippen LogP contribution in [0.4, 0.5) is 0 Å². The fourth-order valence-electron chi connectivity index (χ4n) is 3.08. The van der Waals surface area contributed by atoms with Crippen molar-refractivity contribution in [2.45, 2.75) is 25.3 Å². The minimum atomic E-state index is 0.761. The molecule has 3 rings (SSSR count). The summed E-state index contributed by atoms with van der Waals surface area (Å²) in [5.41, 5.74) is 0. The van der Waals surface area contributed by atoms with Gasteiger partial charge in [0.05, 0.1) is 6.61 Å². The van der Waals surface area contributed by atoms with E-state index in [9.17, 15) is 0 Å². The van der Waals surface area contributed by atoms with Crippen LogP contribution in [0.3, 0.4) is 0 Å². The molecular formula is C14H27N3O. The Labute approximate surface area is 111 Å². The number of ether oxygens (including phenoxy) is 1. The van der Waals surface area contributed by atoms with E-state index in [2.05, 4.69) is 15.1 Å². The van der Waals surface area contributed by atoms with E-state index in [0.717, 1.165) is 38.3 Å². The molecule has 0 aromatic heterocycles. The Kier molecular flexibility index (Phi) is 4.52. The molecule has 2 heterocycles. The average molecular weight is 253 g/mol. The van der Waals surface area contributed by atoms with Crippen molar-refractivity contribution in [3.05, 3.63) is 0 Å². The monoisotopic (exact) mass is 253 g/mol. The maximum absolute atomic E-state index is 5.39. The van der Waals surface area contributed by atoms with E-state index in [1.165, 1.54) is 52.0 Å². The largest absolute Gasteiger partial charge is 0.381 e. The molecule has 1 N–H and O–H groups in total. The van der Waals surface area contributed by atoms with Crippen LogP contribution in [-0.2, 0) is 4.74 Å². The zero-order valence-corrected chi connectivity index (χ0v) is 11.4. The van der Waals surface area contributed by atoms with Gasteiger partial charge in [0, 0.05) is 58.5 Å². The lowest BCUT2D eigenvalue weighted by atomic mass is 10.1. The summed E-state index contributed by atoms with van der Waals surface area (Å²) in [5, 5.41) is 3.59. The molecule has 4 nitrogen and oxygen atoms in total. The van der Waals surface area contributed by atoms with Gasteiger partial charge in [-0.05, 0) is 25.2 Å². The molecule has 0 bridgehead atoms. The van der Waals surface area contributed by atoms with Crippen molar-refractivity contribution in [3.8, 4) is 0 Å². The first kappa shape index (κ1) is 12.9. The second kappa shape index (κ2) is 6.33. The predicted octanol–water partition coefficient (Wildman–Crippen LogP) is 0.393. The number of rotatable bonds is 6. The Hall–Kier alpha value is -0.160. The fourth-order valence-corrected chi connectivity index (χ4v) is 3.08. The third kappa shape index (κ3) is 3.67. The van der Waals surface area contributed by atoms with Gasteiger partial charge >= 0.3 is 0 Å². The topological polar surface area (TPSA) is 27.7 Å². The second-order valence-electron chi connectivity index (χ2n) is 6.04. The molecule has 2 aliphatic heterocycles. The lowest BCUT2D eigenvalue weighted by molar-refractivity contribution is 0.126. The van der Waals surface area contributed by atoms with Crippen LogP contribution in [0.25, 0.3) is 0 Å². The van der Waals surface area contributed by atoms with Gasteiger partial charge in [-0.25, -0.2) is 0 Å². The summed E-state index contributed by atoms with van der Waals surface area (Å²) >= 11 is 0. The minimum Gasteiger partial charge on any atom is -0.381 e. The summed E-state index contributed by atoms with van der Waals surface area (Å²) < 4.78 is 5.39. The molecule has 2 saturated heterocycles. The Balaban J connectivity index is 1.23. The van der Waals surface area contributed by atoms with E-state index in [1.807, 2.05) is 0 Å². The first-order chi connectivity index (χ1) is 8.92. The van der Waals surface area contributed by atoms with Crippen molar-refractivity contribution >= 4 is 0 Å². The zero-order valence-electron chi connectivity index (χ0n) is 11.4. The SMILES string of the molecule is C(CN1CCN(C2CC2)CC1)NCC1CCOC1. The molecule has 18 heavy (non-hydrogen) atoms. The highest BCUT2D eigenvalue weighted by molar-refractivity contribution is 4.87. The van der Waals surface area contributed by atoms with Gasteiger partial charge in [0.2, 0.25) is 0 Å². The highest BCUT2D eigenvalue weighted by Gasteiger charge is 2.30. The molecule has 3 aliphatic rings. The van der Waals surface area contributed by atoms with Gasteiger partial charge in [-0.3, -0.25) is 9.80 Å². The normalized spacial score (nSPS) is 31.0. The van der Waals surface area contributed by atoms with Crippen LogP contribution in [0, 0.1) is 5.92 Å². The Morgan fingerprint density at radius 1 is 1.06 bits per heavy atom. The lowest BCUT2D eigenvalue weighted by Crippen LogP contribution is -2.48. The van der Waals surface area contributed by atoms with Gasteiger partial charge < -0.3 is 10.1 Å². The first-order valence-electron chi connectivity index (χ1n) is 7.67. The summed E-state index contributed by atoms with van der Waals surface area (Å²) in [6.07, 6.45) is 4.14. The average Bonchev–Trinajstić information content (AvgIpc) is 3.13. The van der Waals surface area contributed by atoms with Crippen molar-refractivity contribution in [1.29, 1.82) is 0 Å². The molecule has 3 fully saturated rings. The van der Waals surface area contributed by atoms with Gasteiger partial charge in [-0.15, -0.1) is 0 Å². The van der Waals surface area contributed by atoms with Gasteiger partial charge in [-0.1, -0.05) is 0 Å². The van der Waals surface area contributed by atoms with Crippen molar-refractivity contribution in [1.82, 2.24) is 15.1 Å². The van der Waals surface area contributed by atoms with Crippen LogP contribution in [0.1, 0.15) is 19.3 Å². The highest BCUT2D eigenvalue weighted by Crippen LogP contribution is 2.27. The molecular weight excluding hydrogens is 226 g/mol. The number of hydrogen-bond acceptors (Lipinski definition) is 4. The van der Waals surface area contributed by atoms with Crippen molar-refractivity contribution in [2.75, 3.05) is 59.0 Å². The van der Waals surface area contributed by atoms with E-state index in [4.69, 9.17) is 4.74 Å². The number of hydrogen-bond donors (Lipinski definition) is 1. The van der Waals surface area contributed by atoms with E-state index in [1.54, 1.807) is 0 Å². The van der Waals surface area contributed by atoms with E-state index < -0.39 is 0 Å². The summed E-state index contributed by atoms with van der Waals surface area (Å²) in [7, 11) is 0. The Morgan fingerprint density at radius 3 is 2.56 bits per heavy atom. The lowest BCUT2D eigenvalue weighted by Gasteiger charge is -2.34. The van der Waals surface area contributed by atoms with E-state index in [0.29, 0.717) is 0 Å². The summed E-state index contributed by atoms with van der Waals surface area (Å²) in [4.78, 5) is 5.29. The third-order valence-electron chi connectivity index (χ3n) is 4.53. The molecule has 1 atom stereocenters. The van der Waals surface area contributed by atoms with Crippen LogP contribution >= 0.6 is 0 Å². The van der Waals surface area contributed by atoms with Crippen LogP contribution in [-0.4, -0.2) is 74.9 Å². The Morgan fingerprint density at radius 2 is 1.89 bits per heavy atom. The standard InChI is InChI=1S/C14H27N3O/c1-2-14(1)17-8-6-16(7-9-17)5-4-15-11-13-3-10-18-12-13/h13-15H,1-12H2. The third-order valence-corrected chi connectivity index (χ3v) is 4.53. The molecule has 0 aromatic rings. The van der Waals surface area contributed by atoms with Crippen LogP contribution in [0.2, 0.25) is 0 Å². The fraction of sp³-hybridized carbons (Fsp3) is 1.00. The van der Waals surface area contributed by atoms with Gasteiger partial charge in [-0.2, -0.15) is 0 Å². The molecule has 0 radical (unpaired) electrons. The highest BCUT2D eigenvalue weighted by atomic mass is 16.5.